The third-order valence-electron chi connectivity index (χ3n) is 6.83. The maximum Gasteiger partial charge on any atom is 0.119 e. The molecule has 0 atom stereocenters. The Labute approximate surface area is 178 Å². The number of ether oxygens (including phenoxy) is 2. The van der Waals surface area contributed by atoms with Gasteiger partial charge in [-0.15, -0.1) is 0 Å². The van der Waals surface area contributed by atoms with E-state index in [2.05, 4.69) is 47.6 Å². The van der Waals surface area contributed by atoms with Crippen LogP contribution in [-0.4, -0.2) is 27.5 Å². The molecule has 2 aliphatic rings. The van der Waals surface area contributed by atoms with Crippen LogP contribution in [0.15, 0.2) is 18.2 Å². The quantitative estimate of drug-likeness (QED) is 0.524. The Morgan fingerprint density at radius 1 is 0.793 bits per heavy atom. The Balaban J connectivity index is 1.76. The topological polar surface area (TPSA) is 38.7 Å². The summed E-state index contributed by atoms with van der Waals surface area (Å²) >= 11 is 0. The lowest BCUT2D eigenvalue weighted by Crippen LogP contribution is -2.40. The van der Waals surface area contributed by atoms with Crippen LogP contribution in [0.2, 0.25) is 0 Å². The van der Waals surface area contributed by atoms with E-state index in [-0.39, 0.29) is 22.4 Å². The van der Waals surface area contributed by atoms with Crippen LogP contribution < -0.4 is 0 Å². The summed E-state index contributed by atoms with van der Waals surface area (Å²) in [7, 11) is 0. The third kappa shape index (κ3) is 5.98. The van der Waals surface area contributed by atoms with E-state index in [9.17, 15) is 5.11 Å². The first-order valence-electron chi connectivity index (χ1n) is 11.6. The maximum atomic E-state index is 10.7. The van der Waals surface area contributed by atoms with Gasteiger partial charge in [0.2, 0.25) is 0 Å². The standard InChI is InChI=1S/C26H42O3/c1-23(2,28-25(5)14-7-8-15-25)18-20-12-11-13-22(27)21(20)19-24(3,4)29-26(6)16-9-10-17-26/h11-13,27H,7-10,14-19H2,1-6H3. The largest absolute Gasteiger partial charge is 0.508 e. The molecule has 0 amide bonds. The zero-order chi connectivity index (χ0) is 21.3. The predicted molar refractivity (Wildman–Crippen MR) is 120 cm³/mol. The number of phenols is 1. The van der Waals surface area contributed by atoms with E-state index in [0.29, 0.717) is 12.2 Å². The van der Waals surface area contributed by atoms with E-state index in [1.807, 2.05) is 6.07 Å². The highest BCUT2D eigenvalue weighted by Crippen LogP contribution is 2.40. The van der Waals surface area contributed by atoms with Crippen molar-refractivity contribution in [3.63, 3.8) is 0 Å². The molecule has 0 saturated heterocycles. The maximum absolute atomic E-state index is 10.7. The van der Waals surface area contributed by atoms with Gasteiger partial charge in [0.15, 0.2) is 0 Å². The summed E-state index contributed by atoms with van der Waals surface area (Å²) in [5.74, 6) is 0.374. The number of hydrogen-bond donors (Lipinski definition) is 1. The zero-order valence-corrected chi connectivity index (χ0v) is 19.6. The van der Waals surface area contributed by atoms with Crippen LogP contribution in [0.3, 0.4) is 0 Å². The molecule has 0 spiro atoms. The van der Waals surface area contributed by atoms with Gasteiger partial charge >= 0.3 is 0 Å². The summed E-state index contributed by atoms with van der Waals surface area (Å²) in [4.78, 5) is 0. The van der Waals surface area contributed by atoms with Gasteiger partial charge in [0.25, 0.3) is 0 Å². The smallest absolute Gasteiger partial charge is 0.119 e. The van der Waals surface area contributed by atoms with Gasteiger partial charge in [-0.3, -0.25) is 0 Å². The van der Waals surface area contributed by atoms with Crippen LogP contribution in [0.4, 0.5) is 0 Å². The molecule has 3 nitrogen and oxygen atoms in total. The lowest BCUT2D eigenvalue weighted by molar-refractivity contribution is -0.130. The molecular weight excluding hydrogens is 360 g/mol. The number of hydrogen-bond acceptors (Lipinski definition) is 3. The fourth-order valence-electron chi connectivity index (χ4n) is 5.73. The molecule has 0 unspecified atom stereocenters. The van der Waals surface area contributed by atoms with Crippen LogP contribution in [-0.2, 0) is 22.3 Å². The second kappa shape index (κ2) is 8.23. The molecule has 164 valence electrons. The van der Waals surface area contributed by atoms with Crippen LogP contribution in [0, 0.1) is 0 Å². The highest BCUT2D eigenvalue weighted by atomic mass is 16.5. The summed E-state index contributed by atoms with van der Waals surface area (Å²) in [6.07, 6.45) is 11.1. The van der Waals surface area contributed by atoms with Crippen LogP contribution in [0.1, 0.15) is 104 Å². The van der Waals surface area contributed by atoms with Gasteiger partial charge in [0, 0.05) is 12.8 Å². The second-order valence-electron chi connectivity index (χ2n) is 11.3. The molecule has 1 aromatic rings. The predicted octanol–water partition coefficient (Wildman–Crippen LogP) is 6.73. The molecule has 0 aliphatic heterocycles. The fourth-order valence-corrected chi connectivity index (χ4v) is 5.73. The van der Waals surface area contributed by atoms with Crippen molar-refractivity contribution in [3.8, 4) is 5.75 Å². The molecular formula is C26H42O3. The highest BCUT2D eigenvalue weighted by Gasteiger charge is 2.38. The van der Waals surface area contributed by atoms with Crippen molar-refractivity contribution in [1.29, 1.82) is 0 Å². The average molecular weight is 403 g/mol. The van der Waals surface area contributed by atoms with Gasteiger partial charge in [0.05, 0.1) is 22.4 Å². The Bertz CT molecular complexity index is 692. The van der Waals surface area contributed by atoms with Crippen molar-refractivity contribution in [2.75, 3.05) is 0 Å². The number of aromatic hydroxyl groups is 1. The number of benzene rings is 1. The van der Waals surface area contributed by atoms with Crippen molar-refractivity contribution in [1.82, 2.24) is 0 Å². The van der Waals surface area contributed by atoms with E-state index in [4.69, 9.17) is 9.47 Å². The summed E-state index contributed by atoms with van der Waals surface area (Å²) in [5.41, 5.74) is 1.53. The summed E-state index contributed by atoms with van der Waals surface area (Å²) in [5, 5.41) is 10.7. The average Bonchev–Trinajstić information content (AvgIpc) is 3.18. The summed E-state index contributed by atoms with van der Waals surface area (Å²) in [6, 6.07) is 5.90. The molecule has 0 heterocycles. The van der Waals surface area contributed by atoms with Crippen LogP contribution >= 0.6 is 0 Å². The van der Waals surface area contributed by atoms with Crippen molar-refractivity contribution in [3.05, 3.63) is 29.3 Å². The number of phenolic OH excluding ortho intramolecular Hbond substituents is 1. The summed E-state index contributed by atoms with van der Waals surface area (Å²) < 4.78 is 13.2. The molecule has 2 fully saturated rings. The minimum absolute atomic E-state index is 0.0140. The van der Waals surface area contributed by atoms with E-state index >= 15 is 0 Å². The van der Waals surface area contributed by atoms with Crippen LogP contribution in [0.25, 0.3) is 0 Å². The molecule has 29 heavy (non-hydrogen) atoms. The molecule has 1 aromatic carbocycles. The second-order valence-corrected chi connectivity index (χ2v) is 11.3. The Morgan fingerprint density at radius 3 is 1.72 bits per heavy atom. The van der Waals surface area contributed by atoms with Gasteiger partial charge in [-0.1, -0.05) is 37.8 Å². The summed E-state index contributed by atoms with van der Waals surface area (Å²) in [6.45, 7) is 13.2. The van der Waals surface area contributed by atoms with Crippen molar-refractivity contribution in [2.24, 2.45) is 0 Å². The highest BCUT2D eigenvalue weighted by molar-refractivity contribution is 5.41. The monoisotopic (exact) mass is 402 g/mol. The lowest BCUT2D eigenvalue weighted by Gasteiger charge is -2.38. The SMILES string of the molecule is CC(C)(Cc1cccc(O)c1CC(C)(C)OC1(C)CCCC1)OC1(C)CCCC1. The molecule has 2 saturated carbocycles. The Hall–Kier alpha value is -1.06. The van der Waals surface area contributed by atoms with E-state index < -0.39 is 0 Å². The first kappa shape index (κ1) is 22.6. The molecule has 0 aromatic heterocycles. The fraction of sp³-hybridized carbons (Fsp3) is 0.769. The van der Waals surface area contributed by atoms with Gasteiger partial charge in [0.1, 0.15) is 5.75 Å². The van der Waals surface area contributed by atoms with E-state index in [1.54, 1.807) is 6.07 Å². The molecule has 3 rings (SSSR count). The van der Waals surface area contributed by atoms with E-state index in [1.165, 1.54) is 31.2 Å². The Morgan fingerprint density at radius 2 is 1.24 bits per heavy atom. The minimum atomic E-state index is -0.324. The van der Waals surface area contributed by atoms with Gasteiger partial charge < -0.3 is 14.6 Å². The first-order chi connectivity index (χ1) is 13.4. The zero-order valence-electron chi connectivity index (χ0n) is 19.6. The number of rotatable bonds is 8. The van der Waals surface area contributed by atoms with E-state index in [0.717, 1.165) is 37.7 Å². The van der Waals surface area contributed by atoms with Gasteiger partial charge in [-0.2, -0.15) is 0 Å². The van der Waals surface area contributed by atoms with Crippen molar-refractivity contribution < 1.29 is 14.6 Å². The van der Waals surface area contributed by atoms with Gasteiger partial charge in [-0.25, -0.2) is 0 Å². The Kier molecular flexibility index (Phi) is 6.42. The minimum Gasteiger partial charge on any atom is -0.508 e. The molecule has 1 N–H and O–H groups in total. The molecule has 2 aliphatic carbocycles. The lowest BCUT2D eigenvalue weighted by atomic mass is 9.87. The van der Waals surface area contributed by atoms with Gasteiger partial charge in [-0.05, 0) is 84.4 Å². The normalized spacial score (nSPS) is 21.6. The third-order valence-corrected chi connectivity index (χ3v) is 6.83. The molecule has 0 radical (unpaired) electrons. The van der Waals surface area contributed by atoms with Crippen molar-refractivity contribution in [2.45, 2.75) is 128 Å². The molecule has 0 bridgehead atoms. The van der Waals surface area contributed by atoms with Crippen molar-refractivity contribution >= 4 is 0 Å². The molecule has 3 heteroatoms. The first-order valence-corrected chi connectivity index (χ1v) is 11.6. The van der Waals surface area contributed by atoms with Crippen LogP contribution in [0.5, 0.6) is 5.75 Å².